The van der Waals surface area contributed by atoms with Crippen molar-refractivity contribution in [3.63, 3.8) is 0 Å². The van der Waals surface area contributed by atoms with Crippen molar-refractivity contribution in [2.24, 2.45) is 9.98 Å². The number of nitriles is 2. The van der Waals surface area contributed by atoms with Gasteiger partial charge >= 0.3 is 0 Å². The van der Waals surface area contributed by atoms with Crippen molar-refractivity contribution in [1.29, 1.82) is 10.5 Å². The lowest BCUT2D eigenvalue weighted by atomic mass is 10.1. The average molecular weight is 342 g/mol. The lowest BCUT2D eigenvalue weighted by Crippen LogP contribution is -2.17. The summed E-state index contributed by atoms with van der Waals surface area (Å²) in [4.78, 5) is 7.82. The Hall–Kier alpha value is -4.10. The highest BCUT2D eigenvalue weighted by Crippen LogP contribution is 2.25. The number of hydrogen-bond acceptors (Lipinski definition) is 7. The molecule has 0 fully saturated rings. The van der Waals surface area contributed by atoms with Crippen LogP contribution >= 0.6 is 0 Å². The average Bonchev–Trinajstić information content (AvgIpc) is 2.68. The number of benzene rings is 2. The molecule has 0 atom stereocenters. The van der Waals surface area contributed by atoms with Crippen molar-refractivity contribution in [2.75, 3.05) is 7.11 Å². The second kappa shape index (κ2) is 6.08. The SMILES string of the molecule is COc1cccc2oc3c(=NC#N)c4ccccc4c(=NC#N)c=3oc12. The predicted molar refractivity (Wildman–Crippen MR) is 90.2 cm³/mol. The summed E-state index contributed by atoms with van der Waals surface area (Å²) in [7, 11) is 1.52. The van der Waals surface area contributed by atoms with Crippen LogP contribution in [0.3, 0.4) is 0 Å². The third-order valence-electron chi connectivity index (χ3n) is 3.98. The molecule has 0 saturated carbocycles. The molecule has 124 valence electrons. The van der Waals surface area contributed by atoms with Gasteiger partial charge in [-0.05, 0) is 12.1 Å². The summed E-state index contributed by atoms with van der Waals surface area (Å²) in [6.45, 7) is 0. The normalized spacial score (nSPS) is 12.4. The van der Waals surface area contributed by atoms with Gasteiger partial charge in [0.2, 0.25) is 18.0 Å². The maximum absolute atomic E-state index is 9.14. The van der Waals surface area contributed by atoms with Crippen molar-refractivity contribution in [2.45, 2.75) is 0 Å². The van der Waals surface area contributed by atoms with Gasteiger partial charge in [0.25, 0.3) is 0 Å². The van der Waals surface area contributed by atoms with Crippen LogP contribution in [0.4, 0.5) is 0 Å². The van der Waals surface area contributed by atoms with E-state index in [1.807, 2.05) is 6.07 Å². The minimum absolute atomic E-state index is 0.219. The van der Waals surface area contributed by atoms with Crippen LogP contribution in [0.15, 0.2) is 61.3 Å². The fourth-order valence-corrected chi connectivity index (χ4v) is 2.92. The summed E-state index contributed by atoms with van der Waals surface area (Å²) in [6, 6.07) is 12.4. The number of rotatable bonds is 1. The molecule has 0 bridgehead atoms. The summed E-state index contributed by atoms with van der Waals surface area (Å²) in [6.07, 6.45) is 3.59. The van der Waals surface area contributed by atoms with E-state index in [2.05, 4.69) is 9.98 Å². The van der Waals surface area contributed by atoms with Crippen LogP contribution in [0.25, 0.3) is 21.9 Å². The summed E-state index contributed by atoms with van der Waals surface area (Å²) >= 11 is 0. The van der Waals surface area contributed by atoms with Gasteiger partial charge in [0.1, 0.15) is 10.7 Å². The van der Waals surface area contributed by atoms with Gasteiger partial charge in [0.15, 0.2) is 22.2 Å². The molecule has 1 aliphatic heterocycles. The first-order chi connectivity index (χ1) is 12.8. The largest absolute Gasteiger partial charge is 0.493 e. The Bertz CT molecular complexity index is 1450. The molecule has 0 aromatic heterocycles. The van der Waals surface area contributed by atoms with E-state index < -0.39 is 0 Å². The van der Waals surface area contributed by atoms with Crippen LogP contribution < -0.4 is 15.5 Å². The molecule has 1 aliphatic carbocycles. The molecule has 2 aliphatic rings. The van der Waals surface area contributed by atoms with Gasteiger partial charge in [-0.15, -0.1) is 0 Å². The first kappa shape index (κ1) is 15.4. The topological polar surface area (TPSA) is 108 Å². The first-order valence-corrected chi connectivity index (χ1v) is 7.59. The zero-order chi connectivity index (χ0) is 18.1. The molecule has 4 rings (SSSR count). The molecule has 1 heterocycles. The quantitative estimate of drug-likeness (QED) is 0.494. The van der Waals surface area contributed by atoms with E-state index in [9.17, 15) is 0 Å². The molecule has 0 unspecified atom stereocenters. The van der Waals surface area contributed by atoms with Gasteiger partial charge in [-0.1, -0.05) is 30.3 Å². The Morgan fingerprint density at radius 1 is 0.846 bits per heavy atom. The van der Waals surface area contributed by atoms with Gasteiger partial charge in [0.05, 0.1) is 7.11 Å². The first-order valence-electron chi connectivity index (χ1n) is 7.59. The zero-order valence-electron chi connectivity index (χ0n) is 13.6. The van der Waals surface area contributed by atoms with Gasteiger partial charge < -0.3 is 13.6 Å². The van der Waals surface area contributed by atoms with E-state index in [1.165, 1.54) is 7.11 Å². The van der Waals surface area contributed by atoms with E-state index in [4.69, 9.17) is 24.1 Å². The number of para-hydroxylation sites is 1. The van der Waals surface area contributed by atoms with E-state index >= 15 is 0 Å². The van der Waals surface area contributed by atoms with E-state index in [-0.39, 0.29) is 10.8 Å². The Kier molecular flexibility index (Phi) is 3.61. The lowest BCUT2D eigenvalue weighted by molar-refractivity contribution is 0.396. The maximum Gasteiger partial charge on any atom is 0.212 e. The molecule has 0 radical (unpaired) electrons. The molecule has 7 heteroatoms. The third-order valence-corrected chi connectivity index (χ3v) is 3.98. The fourth-order valence-electron chi connectivity index (χ4n) is 2.92. The number of methoxy groups -OCH3 is 1. The molecular weight excluding hydrogens is 332 g/mol. The van der Waals surface area contributed by atoms with Gasteiger partial charge in [-0.3, -0.25) is 0 Å². The highest BCUT2D eigenvalue weighted by molar-refractivity contribution is 5.82. The molecule has 2 aromatic carbocycles. The minimum atomic E-state index is 0.219. The van der Waals surface area contributed by atoms with Crippen LogP contribution in [0.5, 0.6) is 5.75 Å². The van der Waals surface area contributed by atoms with Crippen LogP contribution in [0.1, 0.15) is 0 Å². The second-order valence-electron chi connectivity index (χ2n) is 5.32. The highest BCUT2D eigenvalue weighted by Gasteiger charge is 2.13. The molecule has 26 heavy (non-hydrogen) atoms. The zero-order valence-corrected chi connectivity index (χ0v) is 13.6. The van der Waals surface area contributed by atoms with Crippen LogP contribution in [-0.4, -0.2) is 7.11 Å². The van der Waals surface area contributed by atoms with Gasteiger partial charge in [-0.25, -0.2) is 0 Å². The standard InChI is InChI=1S/C19H10N4O3/c1-24-13-7-4-8-14-17(13)26-19-16(23-10-21)12-6-3-2-5-11(12)15(22-9-20)18(19)25-14/h2-8H,1H3. The summed E-state index contributed by atoms with van der Waals surface area (Å²) in [5.41, 5.74) is 1.25. The molecular formula is C19H10N4O3. The van der Waals surface area contributed by atoms with Crippen molar-refractivity contribution in [3.05, 3.63) is 64.0 Å². The summed E-state index contributed by atoms with van der Waals surface area (Å²) < 4.78 is 17.3. The monoisotopic (exact) mass is 342 g/mol. The van der Waals surface area contributed by atoms with Crippen molar-refractivity contribution in [1.82, 2.24) is 0 Å². The second-order valence-corrected chi connectivity index (χ2v) is 5.32. The molecule has 0 saturated heterocycles. The third kappa shape index (κ3) is 2.20. The Balaban J connectivity index is 2.47. The van der Waals surface area contributed by atoms with E-state index in [0.717, 1.165) is 0 Å². The molecule has 2 aromatic rings. The Morgan fingerprint density at radius 3 is 2.04 bits per heavy atom. The number of hydrogen-bond donors (Lipinski definition) is 0. The fraction of sp³-hybridized carbons (Fsp3) is 0.0526. The predicted octanol–water partition coefficient (Wildman–Crippen LogP) is 2.68. The number of nitrogens with zero attached hydrogens (tertiary/aromatic N) is 4. The smallest absolute Gasteiger partial charge is 0.212 e. The van der Waals surface area contributed by atoms with Gasteiger partial charge in [-0.2, -0.15) is 20.5 Å². The number of ether oxygens (including phenoxy) is 1. The molecule has 0 amide bonds. The molecule has 0 N–H and O–H groups in total. The van der Waals surface area contributed by atoms with Crippen LogP contribution in [0.2, 0.25) is 0 Å². The van der Waals surface area contributed by atoms with Crippen molar-refractivity contribution < 1.29 is 13.6 Å². The van der Waals surface area contributed by atoms with Gasteiger partial charge in [0, 0.05) is 10.8 Å². The summed E-state index contributed by atoms with van der Waals surface area (Å²) in [5, 5.41) is 20.2. The minimum Gasteiger partial charge on any atom is -0.493 e. The molecule has 0 spiro atoms. The number of fused-ring (bicyclic) bond motifs is 2. The van der Waals surface area contributed by atoms with Crippen molar-refractivity contribution >= 4 is 21.9 Å². The van der Waals surface area contributed by atoms with E-state index in [0.29, 0.717) is 38.4 Å². The van der Waals surface area contributed by atoms with Crippen molar-refractivity contribution in [3.8, 4) is 18.1 Å². The lowest BCUT2D eigenvalue weighted by Gasteiger charge is -2.06. The Labute approximate surface area is 146 Å². The summed E-state index contributed by atoms with van der Waals surface area (Å²) in [5.74, 6) is 0.475. The molecule has 7 nitrogen and oxygen atoms in total. The highest BCUT2D eigenvalue weighted by atomic mass is 16.5. The van der Waals surface area contributed by atoms with Crippen LogP contribution in [-0.2, 0) is 0 Å². The maximum atomic E-state index is 9.14. The Morgan fingerprint density at radius 2 is 1.46 bits per heavy atom. The van der Waals surface area contributed by atoms with E-state index in [1.54, 1.807) is 48.8 Å². The van der Waals surface area contributed by atoms with Crippen LogP contribution in [0, 0.1) is 33.7 Å².